The molecule has 2 N–H and O–H groups in total. The molecule has 29 heavy (non-hydrogen) atoms. The third-order valence-corrected chi connectivity index (χ3v) is 5.56. The lowest BCUT2D eigenvalue weighted by Gasteiger charge is -2.28. The smallest absolute Gasteiger partial charge is 0.311 e. The van der Waals surface area contributed by atoms with Gasteiger partial charge in [-0.05, 0) is 56.7 Å². The first kappa shape index (κ1) is 21.6. The lowest BCUT2D eigenvalue weighted by Crippen LogP contribution is -2.39. The Balaban J connectivity index is 0.00000240. The second-order valence-electron chi connectivity index (χ2n) is 7.86. The van der Waals surface area contributed by atoms with Crippen molar-refractivity contribution < 1.29 is 18.0 Å². The molecule has 1 amide bonds. The fourth-order valence-electron chi connectivity index (χ4n) is 4.40. The van der Waals surface area contributed by atoms with Gasteiger partial charge in [0, 0.05) is 24.6 Å². The minimum absolute atomic E-state index is 0. The van der Waals surface area contributed by atoms with Crippen LogP contribution in [0.25, 0.3) is 5.69 Å². The van der Waals surface area contributed by atoms with Gasteiger partial charge in [-0.2, -0.15) is 18.3 Å². The Hall–Kier alpha value is -2.06. The first-order valence-corrected chi connectivity index (χ1v) is 9.58. The summed E-state index contributed by atoms with van der Waals surface area (Å²) >= 11 is 0. The van der Waals surface area contributed by atoms with Gasteiger partial charge in [0.15, 0.2) is 0 Å². The van der Waals surface area contributed by atoms with Crippen molar-refractivity contribution in [1.82, 2.24) is 15.1 Å². The van der Waals surface area contributed by atoms with Crippen molar-refractivity contribution in [3.63, 3.8) is 0 Å². The van der Waals surface area contributed by atoms with E-state index in [-0.39, 0.29) is 24.0 Å². The summed E-state index contributed by atoms with van der Waals surface area (Å²) < 4.78 is 40.4. The average Bonchev–Trinajstić information content (AvgIpc) is 3.15. The highest BCUT2D eigenvalue weighted by molar-refractivity contribution is 5.90. The van der Waals surface area contributed by atoms with E-state index in [0.717, 1.165) is 25.0 Å². The molecule has 2 bridgehead atoms. The second kappa shape index (κ2) is 8.36. The number of carbonyl (C=O) groups excluding carboxylic acids is 1. The first-order valence-electron chi connectivity index (χ1n) is 9.58. The Morgan fingerprint density at radius 1 is 1.24 bits per heavy atom. The number of carbonyl (C=O) groups is 1. The van der Waals surface area contributed by atoms with Gasteiger partial charge in [-0.15, -0.1) is 12.4 Å². The third-order valence-electron chi connectivity index (χ3n) is 5.56. The molecule has 0 radical (unpaired) electrons. The summed E-state index contributed by atoms with van der Waals surface area (Å²) in [7, 11) is 0. The van der Waals surface area contributed by atoms with Crippen LogP contribution in [0.15, 0.2) is 30.3 Å². The average molecular weight is 429 g/mol. The summed E-state index contributed by atoms with van der Waals surface area (Å²) in [6.07, 6.45) is 0.317. The summed E-state index contributed by atoms with van der Waals surface area (Å²) in [6.45, 7) is 1.74. The largest absolute Gasteiger partial charge is 0.416 e. The first-order chi connectivity index (χ1) is 13.3. The fraction of sp³-hybridized carbons (Fsp3) is 0.500. The Kier molecular flexibility index (Phi) is 6.24. The van der Waals surface area contributed by atoms with Crippen LogP contribution >= 0.6 is 12.4 Å². The molecule has 3 heterocycles. The molecule has 2 atom stereocenters. The number of alkyl halides is 3. The molecule has 0 saturated carbocycles. The molecule has 9 heteroatoms. The fourth-order valence-corrected chi connectivity index (χ4v) is 4.40. The van der Waals surface area contributed by atoms with Crippen LogP contribution in [0.4, 0.5) is 19.0 Å². The number of halogens is 4. The van der Waals surface area contributed by atoms with E-state index in [1.54, 1.807) is 19.1 Å². The van der Waals surface area contributed by atoms with E-state index < -0.39 is 11.7 Å². The zero-order valence-electron chi connectivity index (χ0n) is 16.0. The summed E-state index contributed by atoms with van der Waals surface area (Å²) in [5.74, 6) is 0.600. The number of aryl methyl sites for hydroxylation is 1. The monoisotopic (exact) mass is 428 g/mol. The lowest BCUT2D eigenvalue weighted by molar-refractivity contribution is -0.137. The van der Waals surface area contributed by atoms with Gasteiger partial charge < -0.3 is 10.6 Å². The van der Waals surface area contributed by atoms with E-state index in [1.807, 2.05) is 0 Å². The van der Waals surface area contributed by atoms with Gasteiger partial charge in [-0.25, -0.2) is 4.68 Å². The molecule has 2 aromatic rings. The normalized spacial score (nSPS) is 23.5. The van der Waals surface area contributed by atoms with Gasteiger partial charge in [0.05, 0.1) is 16.9 Å². The van der Waals surface area contributed by atoms with Crippen LogP contribution in [-0.4, -0.2) is 27.8 Å². The van der Waals surface area contributed by atoms with Crippen molar-refractivity contribution >= 4 is 24.1 Å². The molecule has 158 valence electrons. The molecule has 2 saturated heterocycles. The quantitative estimate of drug-likeness (QED) is 0.754. The van der Waals surface area contributed by atoms with E-state index in [4.69, 9.17) is 0 Å². The molecule has 2 aliphatic rings. The summed E-state index contributed by atoms with van der Waals surface area (Å²) in [5, 5.41) is 10.7. The SMILES string of the molecule is Cc1cc(NC(=O)CC2CC3CCC(C2)N3)n(-c2cccc(C(F)(F)F)c2)n1.Cl. The molecule has 2 unspecified atom stereocenters. The lowest BCUT2D eigenvalue weighted by atomic mass is 9.89. The molecule has 0 spiro atoms. The second-order valence-corrected chi connectivity index (χ2v) is 7.86. The van der Waals surface area contributed by atoms with Crippen LogP contribution in [0.2, 0.25) is 0 Å². The highest BCUT2D eigenvalue weighted by Gasteiger charge is 2.34. The molecule has 1 aromatic heterocycles. The maximum absolute atomic E-state index is 13.0. The molecular weight excluding hydrogens is 405 g/mol. The molecule has 5 nitrogen and oxygen atoms in total. The highest BCUT2D eigenvalue weighted by atomic mass is 35.5. The molecule has 2 fully saturated rings. The molecule has 0 aliphatic carbocycles. The number of fused-ring (bicyclic) bond motifs is 2. The minimum atomic E-state index is -4.43. The number of amides is 1. The number of aromatic nitrogens is 2. The summed E-state index contributed by atoms with van der Waals surface area (Å²) in [4.78, 5) is 12.6. The maximum atomic E-state index is 13.0. The predicted molar refractivity (Wildman–Crippen MR) is 106 cm³/mol. The maximum Gasteiger partial charge on any atom is 0.416 e. The standard InChI is InChI=1S/C20H23F3N4O.ClH/c1-12-7-18(25-19(28)10-13-8-15-5-6-16(9-13)24-15)27(26-12)17-4-2-3-14(11-17)20(21,22)23;/h2-4,7,11,13,15-16,24H,5-6,8-10H2,1H3,(H,25,28);1H. The number of hydrogen-bond donors (Lipinski definition) is 2. The number of nitrogens with zero attached hydrogens (tertiary/aromatic N) is 2. The summed E-state index contributed by atoms with van der Waals surface area (Å²) in [6, 6.07) is 7.62. The summed E-state index contributed by atoms with van der Waals surface area (Å²) in [5.41, 5.74) is 0.131. The Bertz CT molecular complexity index is 871. The van der Waals surface area contributed by atoms with Crippen LogP contribution in [0.3, 0.4) is 0 Å². The Labute approximate surface area is 173 Å². The number of anilines is 1. The Morgan fingerprint density at radius 3 is 2.59 bits per heavy atom. The van der Waals surface area contributed by atoms with Gasteiger partial charge in [0.2, 0.25) is 5.91 Å². The van der Waals surface area contributed by atoms with Gasteiger partial charge in [0.1, 0.15) is 5.82 Å². The zero-order chi connectivity index (χ0) is 19.9. The Morgan fingerprint density at radius 2 is 1.93 bits per heavy atom. The molecule has 2 aliphatic heterocycles. The topological polar surface area (TPSA) is 59.0 Å². The predicted octanol–water partition coefficient (Wildman–Crippen LogP) is 4.48. The van der Waals surface area contributed by atoms with E-state index in [9.17, 15) is 18.0 Å². The van der Waals surface area contributed by atoms with Gasteiger partial charge in [-0.1, -0.05) is 6.07 Å². The van der Waals surface area contributed by atoms with Crippen molar-refractivity contribution in [2.45, 2.75) is 57.3 Å². The molecule has 1 aromatic carbocycles. The minimum Gasteiger partial charge on any atom is -0.311 e. The number of hydrogen-bond acceptors (Lipinski definition) is 3. The highest BCUT2D eigenvalue weighted by Crippen LogP contribution is 2.33. The van der Waals surface area contributed by atoms with Gasteiger partial charge in [0.25, 0.3) is 0 Å². The van der Waals surface area contributed by atoms with Crippen molar-refractivity contribution in [3.05, 3.63) is 41.6 Å². The van der Waals surface area contributed by atoms with E-state index in [0.29, 0.717) is 35.9 Å². The number of rotatable bonds is 4. The van der Waals surface area contributed by atoms with Crippen molar-refractivity contribution in [1.29, 1.82) is 0 Å². The third kappa shape index (κ3) is 4.93. The van der Waals surface area contributed by atoms with E-state index >= 15 is 0 Å². The van der Waals surface area contributed by atoms with Crippen molar-refractivity contribution in [2.24, 2.45) is 5.92 Å². The number of piperidine rings is 1. The van der Waals surface area contributed by atoms with Gasteiger partial charge in [-0.3, -0.25) is 4.79 Å². The number of nitrogens with one attached hydrogen (secondary N) is 2. The van der Waals surface area contributed by atoms with Crippen LogP contribution in [0, 0.1) is 12.8 Å². The molecule has 4 rings (SSSR count). The van der Waals surface area contributed by atoms with Crippen LogP contribution in [0.5, 0.6) is 0 Å². The zero-order valence-corrected chi connectivity index (χ0v) is 16.8. The van der Waals surface area contributed by atoms with Crippen molar-refractivity contribution in [3.8, 4) is 5.69 Å². The number of benzene rings is 1. The van der Waals surface area contributed by atoms with Gasteiger partial charge >= 0.3 is 6.18 Å². The van der Waals surface area contributed by atoms with Crippen LogP contribution in [0.1, 0.15) is 43.4 Å². The van der Waals surface area contributed by atoms with Crippen molar-refractivity contribution in [2.75, 3.05) is 5.32 Å². The van der Waals surface area contributed by atoms with Crippen LogP contribution < -0.4 is 10.6 Å². The van der Waals surface area contributed by atoms with E-state index in [1.165, 1.54) is 23.6 Å². The molecular formula is C20H24ClF3N4O. The van der Waals surface area contributed by atoms with Crippen LogP contribution in [-0.2, 0) is 11.0 Å². The van der Waals surface area contributed by atoms with E-state index in [2.05, 4.69) is 15.7 Å².